The molecule has 96 valence electrons. The maximum absolute atomic E-state index is 5.29. The van der Waals surface area contributed by atoms with Crippen molar-refractivity contribution in [1.29, 1.82) is 0 Å². The van der Waals surface area contributed by atoms with Gasteiger partial charge in [0.1, 0.15) is 5.69 Å². The number of rotatable bonds is 3. The van der Waals surface area contributed by atoms with E-state index in [1.54, 1.807) is 17.5 Å². The third-order valence-electron chi connectivity index (χ3n) is 2.80. The van der Waals surface area contributed by atoms with Gasteiger partial charge >= 0.3 is 0 Å². The maximum Gasteiger partial charge on any atom is 0.195 e. The van der Waals surface area contributed by atoms with Crippen LogP contribution < -0.4 is 0 Å². The molecule has 3 rings (SSSR count). The normalized spacial score (nSPS) is 10.8. The number of hydrogen-bond acceptors (Lipinski definition) is 5. The number of hydrogen-bond donors (Lipinski definition) is 1. The lowest BCUT2D eigenvalue weighted by molar-refractivity contribution is 0.792. The number of nitrogens with one attached hydrogen (secondary N) is 1. The molecular formula is C12H11N5S2. The van der Waals surface area contributed by atoms with E-state index in [4.69, 9.17) is 12.2 Å². The molecule has 0 fully saturated rings. The monoisotopic (exact) mass is 289 g/mol. The minimum absolute atomic E-state index is 0.591. The van der Waals surface area contributed by atoms with Crippen LogP contribution in [-0.4, -0.2) is 24.7 Å². The quantitative estimate of drug-likeness (QED) is 0.753. The molecule has 0 aromatic carbocycles. The van der Waals surface area contributed by atoms with Crippen LogP contribution in [0.5, 0.6) is 0 Å². The van der Waals surface area contributed by atoms with Crippen LogP contribution in [-0.2, 0) is 6.54 Å². The van der Waals surface area contributed by atoms with Gasteiger partial charge in [-0.2, -0.15) is 5.10 Å². The fourth-order valence-electron chi connectivity index (χ4n) is 1.78. The number of aromatic amines is 1. The second kappa shape index (κ2) is 5.02. The van der Waals surface area contributed by atoms with Crippen LogP contribution in [0.25, 0.3) is 11.5 Å². The van der Waals surface area contributed by atoms with E-state index in [1.165, 1.54) is 4.88 Å². The fourth-order valence-corrected chi connectivity index (χ4v) is 2.74. The summed E-state index contributed by atoms with van der Waals surface area (Å²) in [5.41, 5.74) is 3.67. The zero-order valence-corrected chi connectivity index (χ0v) is 11.8. The lowest BCUT2D eigenvalue weighted by Crippen LogP contribution is -2.03. The second-order valence-corrected chi connectivity index (χ2v) is 5.34. The summed E-state index contributed by atoms with van der Waals surface area (Å²) in [7, 11) is 0. The van der Waals surface area contributed by atoms with Crippen molar-refractivity contribution in [3.63, 3.8) is 0 Å². The van der Waals surface area contributed by atoms with E-state index in [0.29, 0.717) is 11.3 Å². The molecule has 0 spiro atoms. The first kappa shape index (κ1) is 12.2. The molecule has 3 heterocycles. The summed E-state index contributed by atoms with van der Waals surface area (Å²) >= 11 is 6.91. The van der Waals surface area contributed by atoms with Crippen LogP contribution in [0.15, 0.2) is 29.9 Å². The van der Waals surface area contributed by atoms with Gasteiger partial charge in [0.2, 0.25) is 0 Å². The molecule has 0 unspecified atom stereocenters. The summed E-state index contributed by atoms with van der Waals surface area (Å²) in [5.74, 6) is 0.749. The molecule has 7 heteroatoms. The Morgan fingerprint density at radius 1 is 1.37 bits per heavy atom. The Bertz CT molecular complexity index is 741. The predicted octanol–water partition coefficient (Wildman–Crippen LogP) is 2.82. The van der Waals surface area contributed by atoms with E-state index in [0.717, 1.165) is 17.2 Å². The minimum Gasteiger partial charge on any atom is -0.293 e. The lowest BCUT2D eigenvalue weighted by atomic mass is 10.3. The van der Waals surface area contributed by atoms with Crippen LogP contribution in [0, 0.1) is 11.7 Å². The van der Waals surface area contributed by atoms with Crippen molar-refractivity contribution < 1.29 is 0 Å². The third kappa shape index (κ3) is 2.34. The minimum atomic E-state index is 0.591. The van der Waals surface area contributed by atoms with Crippen LogP contribution in [0.3, 0.4) is 0 Å². The van der Waals surface area contributed by atoms with Gasteiger partial charge in [0.05, 0.1) is 17.7 Å². The molecule has 1 N–H and O–H groups in total. The lowest BCUT2D eigenvalue weighted by Gasteiger charge is -2.05. The molecule has 3 aromatic rings. The first-order valence-electron chi connectivity index (χ1n) is 5.71. The standard InChI is InChI=1S/C12H11N5S2/c1-8-10(19-7-14-8)6-17-11(15-16-12(17)18)9-4-2-3-5-13-9/h2-5,7H,6H2,1H3,(H,16,18). The Morgan fingerprint density at radius 2 is 2.26 bits per heavy atom. The van der Waals surface area contributed by atoms with Crippen molar-refractivity contribution in [3.8, 4) is 11.5 Å². The second-order valence-electron chi connectivity index (χ2n) is 4.01. The topological polar surface area (TPSA) is 59.4 Å². The fraction of sp³-hybridized carbons (Fsp3) is 0.167. The smallest absolute Gasteiger partial charge is 0.195 e. The van der Waals surface area contributed by atoms with Gasteiger partial charge in [-0.05, 0) is 31.3 Å². The third-order valence-corrected chi connectivity index (χ3v) is 4.03. The van der Waals surface area contributed by atoms with E-state index < -0.39 is 0 Å². The largest absolute Gasteiger partial charge is 0.293 e. The number of thiazole rings is 1. The van der Waals surface area contributed by atoms with Crippen LogP contribution in [0.2, 0.25) is 0 Å². The zero-order valence-electron chi connectivity index (χ0n) is 10.2. The molecule has 3 aromatic heterocycles. The average Bonchev–Trinajstić information content (AvgIpc) is 2.99. The van der Waals surface area contributed by atoms with Gasteiger partial charge in [0, 0.05) is 11.1 Å². The maximum atomic E-state index is 5.29. The molecule has 0 aliphatic heterocycles. The summed E-state index contributed by atoms with van der Waals surface area (Å²) in [6.07, 6.45) is 1.75. The summed E-state index contributed by atoms with van der Waals surface area (Å²) in [6, 6.07) is 5.73. The van der Waals surface area contributed by atoms with Crippen molar-refractivity contribution in [1.82, 2.24) is 24.7 Å². The molecule has 0 saturated heterocycles. The van der Waals surface area contributed by atoms with Crippen LogP contribution in [0.1, 0.15) is 10.6 Å². The predicted molar refractivity (Wildman–Crippen MR) is 76.6 cm³/mol. The van der Waals surface area contributed by atoms with Crippen molar-refractivity contribution >= 4 is 23.6 Å². The molecule has 0 bridgehead atoms. The summed E-state index contributed by atoms with van der Waals surface area (Å²) in [5, 5.41) is 7.09. The molecule has 0 aliphatic carbocycles. The van der Waals surface area contributed by atoms with Gasteiger partial charge in [-0.3, -0.25) is 14.6 Å². The molecule has 19 heavy (non-hydrogen) atoms. The van der Waals surface area contributed by atoms with Gasteiger partial charge in [-0.25, -0.2) is 4.98 Å². The molecule has 0 radical (unpaired) electrons. The molecule has 0 aliphatic rings. The van der Waals surface area contributed by atoms with Gasteiger partial charge in [-0.15, -0.1) is 11.3 Å². The highest BCUT2D eigenvalue weighted by Crippen LogP contribution is 2.19. The number of aryl methyl sites for hydroxylation is 1. The van der Waals surface area contributed by atoms with E-state index in [9.17, 15) is 0 Å². The number of aromatic nitrogens is 5. The van der Waals surface area contributed by atoms with Crippen molar-refractivity contribution in [3.05, 3.63) is 45.2 Å². The van der Waals surface area contributed by atoms with Crippen LogP contribution >= 0.6 is 23.6 Å². The summed E-state index contributed by atoms with van der Waals surface area (Å²) < 4.78 is 2.53. The number of nitrogens with zero attached hydrogens (tertiary/aromatic N) is 4. The Labute approximate surface area is 119 Å². The number of H-pyrrole nitrogens is 1. The highest BCUT2D eigenvalue weighted by Gasteiger charge is 2.12. The SMILES string of the molecule is Cc1ncsc1Cn1c(-c2ccccn2)n[nH]c1=S. The van der Waals surface area contributed by atoms with Crippen molar-refractivity contribution in [2.45, 2.75) is 13.5 Å². The van der Waals surface area contributed by atoms with Gasteiger partial charge < -0.3 is 0 Å². The van der Waals surface area contributed by atoms with E-state index in [2.05, 4.69) is 20.2 Å². The Hall–Kier alpha value is -1.86. The number of pyridine rings is 1. The first-order chi connectivity index (χ1) is 9.25. The molecule has 0 saturated carbocycles. The van der Waals surface area contributed by atoms with Crippen LogP contribution in [0.4, 0.5) is 0 Å². The Balaban J connectivity index is 2.05. The van der Waals surface area contributed by atoms with E-state index in [1.807, 2.05) is 35.2 Å². The summed E-state index contributed by atoms with van der Waals surface area (Å²) in [6.45, 7) is 2.66. The van der Waals surface area contributed by atoms with Gasteiger partial charge in [-0.1, -0.05) is 6.07 Å². The highest BCUT2D eigenvalue weighted by atomic mass is 32.1. The molecule has 5 nitrogen and oxygen atoms in total. The Morgan fingerprint density at radius 3 is 2.95 bits per heavy atom. The van der Waals surface area contributed by atoms with E-state index in [-0.39, 0.29) is 0 Å². The first-order valence-corrected chi connectivity index (χ1v) is 7.00. The molecule has 0 atom stereocenters. The molecular weight excluding hydrogens is 278 g/mol. The van der Waals surface area contributed by atoms with Gasteiger partial charge in [0.25, 0.3) is 0 Å². The average molecular weight is 289 g/mol. The molecule has 0 amide bonds. The van der Waals surface area contributed by atoms with Crippen molar-refractivity contribution in [2.24, 2.45) is 0 Å². The summed E-state index contributed by atoms with van der Waals surface area (Å²) in [4.78, 5) is 9.74. The Kier molecular flexibility index (Phi) is 3.22. The van der Waals surface area contributed by atoms with E-state index >= 15 is 0 Å². The highest BCUT2D eigenvalue weighted by molar-refractivity contribution is 7.71. The zero-order chi connectivity index (χ0) is 13.2. The van der Waals surface area contributed by atoms with Gasteiger partial charge in [0.15, 0.2) is 10.6 Å². The van der Waals surface area contributed by atoms with Crippen molar-refractivity contribution in [2.75, 3.05) is 0 Å².